The maximum absolute atomic E-state index is 11.6. The quantitative estimate of drug-likeness (QED) is 0.796. The number of para-hydroxylation sites is 1. The Morgan fingerprint density at radius 1 is 1.40 bits per heavy atom. The summed E-state index contributed by atoms with van der Waals surface area (Å²) in [6.07, 6.45) is 4.42. The summed E-state index contributed by atoms with van der Waals surface area (Å²) in [6, 6.07) is 7.77. The van der Waals surface area contributed by atoms with Crippen LogP contribution in [-0.4, -0.2) is 28.7 Å². The monoisotopic (exact) mass is 295 g/mol. The molecule has 0 aliphatic heterocycles. The molecular weight excluding hydrogens is 274 g/mol. The maximum Gasteiger partial charge on any atom is 0.221 e. The zero-order valence-electron chi connectivity index (χ0n) is 11.8. The van der Waals surface area contributed by atoms with Crippen molar-refractivity contribution in [3.63, 3.8) is 0 Å². The van der Waals surface area contributed by atoms with Crippen molar-refractivity contribution in [3.8, 4) is 5.75 Å². The van der Waals surface area contributed by atoms with Gasteiger partial charge >= 0.3 is 0 Å². The molecule has 0 heterocycles. The lowest BCUT2D eigenvalue weighted by molar-refractivity contribution is -0.120. The van der Waals surface area contributed by atoms with E-state index in [2.05, 4.69) is 5.32 Å². The van der Waals surface area contributed by atoms with Crippen molar-refractivity contribution in [1.82, 2.24) is 5.32 Å². The molecular formula is C15H21NO3S. The Kier molecular flexibility index (Phi) is 5.59. The Morgan fingerprint density at radius 2 is 2.15 bits per heavy atom. The van der Waals surface area contributed by atoms with Gasteiger partial charge in [-0.05, 0) is 24.8 Å². The molecule has 1 N–H and O–H groups in total. The summed E-state index contributed by atoms with van der Waals surface area (Å²) in [7, 11) is -0.926. The van der Waals surface area contributed by atoms with Gasteiger partial charge < -0.3 is 10.1 Å². The Morgan fingerprint density at radius 3 is 2.85 bits per heavy atom. The predicted octanol–water partition coefficient (Wildman–Crippen LogP) is 1.86. The van der Waals surface area contributed by atoms with E-state index in [1.165, 1.54) is 12.8 Å². The molecule has 0 unspecified atom stereocenters. The molecule has 1 atom stereocenters. The highest BCUT2D eigenvalue weighted by molar-refractivity contribution is 7.84. The molecule has 1 aliphatic rings. The molecule has 110 valence electrons. The third-order valence-electron chi connectivity index (χ3n) is 3.24. The first-order valence-corrected chi connectivity index (χ1v) is 8.65. The average molecular weight is 295 g/mol. The van der Waals surface area contributed by atoms with Crippen molar-refractivity contribution in [2.75, 3.05) is 18.6 Å². The van der Waals surface area contributed by atoms with Crippen LogP contribution in [0, 0.1) is 5.92 Å². The van der Waals surface area contributed by atoms with E-state index in [0.717, 1.165) is 17.9 Å². The van der Waals surface area contributed by atoms with E-state index in [4.69, 9.17) is 4.74 Å². The van der Waals surface area contributed by atoms with Crippen LogP contribution in [0.15, 0.2) is 24.3 Å². The standard InChI is InChI=1S/C15H21NO3S/c1-20(18)9-8-15(17)16-10-13-4-2-3-5-14(13)19-11-12-6-7-12/h2-5,12H,6-11H2,1H3,(H,16,17)/t20-/m1/s1. The second-order valence-corrected chi connectivity index (χ2v) is 6.72. The van der Waals surface area contributed by atoms with E-state index < -0.39 is 10.8 Å². The van der Waals surface area contributed by atoms with Gasteiger partial charge in [0, 0.05) is 41.3 Å². The van der Waals surface area contributed by atoms with Crippen LogP contribution in [0.3, 0.4) is 0 Å². The number of carbonyl (C=O) groups excluding carboxylic acids is 1. The van der Waals surface area contributed by atoms with E-state index in [1.54, 1.807) is 6.26 Å². The number of ether oxygens (including phenoxy) is 1. The molecule has 1 fully saturated rings. The van der Waals surface area contributed by atoms with E-state index >= 15 is 0 Å². The summed E-state index contributed by atoms with van der Waals surface area (Å²) in [4.78, 5) is 11.6. The van der Waals surface area contributed by atoms with Crippen LogP contribution < -0.4 is 10.1 Å². The fourth-order valence-corrected chi connectivity index (χ4v) is 2.27. The lowest BCUT2D eigenvalue weighted by Gasteiger charge is -2.11. The number of nitrogens with one attached hydrogen (secondary N) is 1. The highest BCUT2D eigenvalue weighted by Crippen LogP contribution is 2.30. The van der Waals surface area contributed by atoms with Crippen molar-refractivity contribution < 1.29 is 13.7 Å². The number of hydrogen-bond acceptors (Lipinski definition) is 3. The zero-order valence-corrected chi connectivity index (χ0v) is 12.6. The van der Waals surface area contributed by atoms with Gasteiger partial charge in [0.15, 0.2) is 0 Å². The third kappa shape index (κ3) is 5.33. The summed E-state index contributed by atoms with van der Waals surface area (Å²) in [6.45, 7) is 1.22. The summed E-state index contributed by atoms with van der Waals surface area (Å²) >= 11 is 0. The van der Waals surface area contributed by atoms with Gasteiger partial charge in [-0.1, -0.05) is 18.2 Å². The van der Waals surface area contributed by atoms with Gasteiger partial charge in [0.2, 0.25) is 5.91 Å². The first-order valence-electron chi connectivity index (χ1n) is 6.92. The van der Waals surface area contributed by atoms with Crippen molar-refractivity contribution >= 4 is 16.7 Å². The number of benzene rings is 1. The molecule has 1 aromatic carbocycles. The van der Waals surface area contributed by atoms with Gasteiger partial charge in [0.05, 0.1) is 6.61 Å². The number of carbonyl (C=O) groups is 1. The van der Waals surface area contributed by atoms with Gasteiger partial charge in [-0.15, -0.1) is 0 Å². The number of amides is 1. The van der Waals surface area contributed by atoms with Gasteiger partial charge in [0.1, 0.15) is 5.75 Å². The van der Waals surface area contributed by atoms with E-state index in [-0.39, 0.29) is 5.91 Å². The Balaban J connectivity index is 1.81. The Hall–Kier alpha value is -1.36. The first kappa shape index (κ1) is 15.0. The molecule has 0 spiro atoms. The van der Waals surface area contributed by atoms with Crippen molar-refractivity contribution in [1.29, 1.82) is 0 Å². The molecule has 1 saturated carbocycles. The largest absolute Gasteiger partial charge is 0.493 e. The van der Waals surface area contributed by atoms with Gasteiger partial charge in [0.25, 0.3) is 0 Å². The molecule has 1 aliphatic carbocycles. The van der Waals surface area contributed by atoms with E-state index in [1.807, 2.05) is 24.3 Å². The van der Waals surface area contributed by atoms with Crippen LogP contribution in [0.2, 0.25) is 0 Å². The summed E-state index contributed by atoms with van der Waals surface area (Å²) < 4.78 is 16.7. The molecule has 0 saturated heterocycles. The highest BCUT2D eigenvalue weighted by Gasteiger charge is 2.22. The van der Waals surface area contributed by atoms with Crippen LogP contribution in [0.4, 0.5) is 0 Å². The molecule has 2 rings (SSSR count). The average Bonchev–Trinajstić information content (AvgIpc) is 3.25. The molecule has 5 heteroatoms. The second kappa shape index (κ2) is 7.43. The van der Waals surface area contributed by atoms with Crippen LogP contribution in [0.25, 0.3) is 0 Å². The number of hydrogen-bond donors (Lipinski definition) is 1. The summed E-state index contributed by atoms with van der Waals surface area (Å²) in [5, 5.41) is 2.84. The van der Waals surface area contributed by atoms with Crippen molar-refractivity contribution in [3.05, 3.63) is 29.8 Å². The molecule has 0 bridgehead atoms. The summed E-state index contributed by atoms with van der Waals surface area (Å²) in [5.74, 6) is 1.89. The van der Waals surface area contributed by atoms with Gasteiger partial charge in [-0.2, -0.15) is 0 Å². The first-order chi connectivity index (χ1) is 9.65. The predicted molar refractivity (Wildman–Crippen MR) is 80.1 cm³/mol. The minimum Gasteiger partial charge on any atom is -0.493 e. The minimum atomic E-state index is -0.926. The zero-order chi connectivity index (χ0) is 14.4. The smallest absolute Gasteiger partial charge is 0.221 e. The van der Waals surface area contributed by atoms with E-state index in [9.17, 15) is 9.00 Å². The maximum atomic E-state index is 11.6. The minimum absolute atomic E-state index is 0.0720. The fraction of sp³-hybridized carbons (Fsp3) is 0.533. The van der Waals surface area contributed by atoms with Gasteiger partial charge in [-0.3, -0.25) is 9.00 Å². The molecule has 0 radical (unpaired) electrons. The topological polar surface area (TPSA) is 55.4 Å². The van der Waals surface area contributed by atoms with Crippen molar-refractivity contribution in [2.45, 2.75) is 25.8 Å². The molecule has 20 heavy (non-hydrogen) atoms. The van der Waals surface area contributed by atoms with E-state index in [0.29, 0.717) is 24.6 Å². The Bertz CT molecular complexity index is 486. The number of rotatable bonds is 8. The fourth-order valence-electron chi connectivity index (χ4n) is 1.80. The third-order valence-corrected chi connectivity index (χ3v) is 4.02. The lowest BCUT2D eigenvalue weighted by atomic mass is 10.2. The Labute approximate surface area is 122 Å². The molecule has 1 amide bonds. The highest BCUT2D eigenvalue weighted by atomic mass is 32.2. The summed E-state index contributed by atoms with van der Waals surface area (Å²) in [5.41, 5.74) is 0.985. The van der Waals surface area contributed by atoms with Crippen LogP contribution in [0.1, 0.15) is 24.8 Å². The lowest BCUT2D eigenvalue weighted by Crippen LogP contribution is -2.24. The van der Waals surface area contributed by atoms with Crippen molar-refractivity contribution in [2.24, 2.45) is 5.92 Å². The SMILES string of the molecule is C[S@@](=O)CCC(=O)NCc1ccccc1OCC1CC1. The molecule has 0 aromatic heterocycles. The molecule has 4 nitrogen and oxygen atoms in total. The van der Waals surface area contributed by atoms with Crippen LogP contribution in [-0.2, 0) is 22.1 Å². The second-order valence-electron chi connectivity index (χ2n) is 5.17. The van der Waals surface area contributed by atoms with Crippen LogP contribution in [0.5, 0.6) is 5.75 Å². The molecule has 1 aromatic rings. The van der Waals surface area contributed by atoms with Crippen LogP contribution >= 0.6 is 0 Å². The van der Waals surface area contributed by atoms with Gasteiger partial charge in [-0.25, -0.2) is 0 Å². The normalized spacial score (nSPS) is 15.7.